The van der Waals surface area contributed by atoms with E-state index in [0.29, 0.717) is 0 Å². The molecule has 0 saturated heterocycles. The van der Waals surface area contributed by atoms with Crippen LogP contribution in [0.25, 0.3) is 0 Å². The molecular weight excluding hydrogens is 128 g/mol. The van der Waals surface area contributed by atoms with Gasteiger partial charge in [0.25, 0.3) is 0 Å². The molecule has 0 amide bonds. The minimum absolute atomic E-state index is 0.233. The zero-order chi connectivity index (χ0) is 7.78. The molecule has 0 aliphatic heterocycles. The molecule has 2 heteroatoms. The van der Waals surface area contributed by atoms with E-state index in [9.17, 15) is 10.2 Å². The number of aliphatic hydroxyl groups is 2. The van der Waals surface area contributed by atoms with Gasteiger partial charge < -0.3 is 10.2 Å². The van der Waals surface area contributed by atoms with Gasteiger partial charge in [-0.1, -0.05) is 13.3 Å². The highest BCUT2D eigenvalue weighted by atomic mass is 16.3. The fourth-order valence-electron chi connectivity index (χ4n) is 1.53. The lowest BCUT2D eigenvalue weighted by Crippen LogP contribution is -2.47. The van der Waals surface area contributed by atoms with Crippen LogP contribution in [0.4, 0.5) is 0 Å². The van der Waals surface area contributed by atoms with Crippen molar-refractivity contribution < 1.29 is 10.2 Å². The van der Waals surface area contributed by atoms with Crippen molar-refractivity contribution in [1.82, 2.24) is 0 Å². The molecule has 0 aromatic carbocycles. The van der Waals surface area contributed by atoms with Crippen molar-refractivity contribution in [2.45, 2.75) is 44.8 Å². The van der Waals surface area contributed by atoms with Crippen molar-refractivity contribution >= 4 is 0 Å². The number of rotatable bonds is 0. The quantitative estimate of drug-likeness (QED) is 0.530. The van der Waals surface area contributed by atoms with Crippen LogP contribution in [0.5, 0.6) is 0 Å². The summed E-state index contributed by atoms with van der Waals surface area (Å²) < 4.78 is 0. The molecule has 10 heavy (non-hydrogen) atoms. The molecule has 1 aliphatic rings. The molecule has 0 heterocycles. The summed E-state index contributed by atoms with van der Waals surface area (Å²) in [7, 11) is 0. The number of aliphatic hydroxyl groups excluding tert-OH is 1. The molecule has 1 aliphatic carbocycles. The van der Waals surface area contributed by atoms with Gasteiger partial charge in [0.1, 0.15) is 0 Å². The largest absolute Gasteiger partial charge is 0.390 e. The first-order valence-corrected chi connectivity index (χ1v) is 3.95. The Morgan fingerprint density at radius 3 is 2.40 bits per heavy atom. The highest BCUT2D eigenvalue weighted by Crippen LogP contribution is 2.32. The zero-order valence-corrected chi connectivity index (χ0v) is 6.67. The Morgan fingerprint density at radius 1 is 1.40 bits per heavy atom. The van der Waals surface area contributed by atoms with Crippen LogP contribution in [0.15, 0.2) is 0 Å². The summed E-state index contributed by atoms with van der Waals surface area (Å²) in [6.07, 6.45) is 2.30. The first-order chi connectivity index (χ1) is 4.55. The highest BCUT2D eigenvalue weighted by Gasteiger charge is 2.38. The molecule has 60 valence electrons. The van der Waals surface area contributed by atoms with Crippen LogP contribution >= 0.6 is 0 Å². The zero-order valence-electron chi connectivity index (χ0n) is 6.67. The summed E-state index contributed by atoms with van der Waals surface area (Å²) in [4.78, 5) is 0. The maximum absolute atomic E-state index is 9.66. The first-order valence-electron chi connectivity index (χ1n) is 3.95. The Morgan fingerprint density at radius 2 is 2.00 bits per heavy atom. The standard InChI is InChI=1S/C8H16O2/c1-6-4-3-5-7(9)8(6,2)10/h6-7,9-10H,3-5H2,1-2H3. The lowest BCUT2D eigenvalue weighted by atomic mass is 9.76. The highest BCUT2D eigenvalue weighted by molar-refractivity contribution is 4.90. The Kier molecular flexibility index (Phi) is 2.02. The van der Waals surface area contributed by atoms with E-state index >= 15 is 0 Å². The van der Waals surface area contributed by atoms with E-state index in [2.05, 4.69) is 0 Å². The molecule has 2 nitrogen and oxygen atoms in total. The topological polar surface area (TPSA) is 40.5 Å². The molecule has 0 bridgehead atoms. The van der Waals surface area contributed by atoms with Gasteiger partial charge in [0.2, 0.25) is 0 Å². The van der Waals surface area contributed by atoms with E-state index in [0.717, 1.165) is 19.3 Å². The van der Waals surface area contributed by atoms with Crippen LogP contribution in [0.2, 0.25) is 0 Å². The maximum Gasteiger partial charge on any atom is 0.0902 e. The predicted octanol–water partition coefficient (Wildman–Crippen LogP) is 0.918. The molecular formula is C8H16O2. The molecule has 1 fully saturated rings. The molecule has 1 rings (SSSR count). The van der Waals surface area contributed by atoms with E-state index in [1.807, 2.05) is 6.92 Å². The Labute approximate surface area is 61.9 Å². The van der Waals surface area contributed by atoms with E-state index in [-0.39, 0.29) is 5.92 Å². The van der Waals surface area contributed by atoms with Crippen LogP contribution in [0.1, 0.15) is 33.1 Å². The molecule has 1 saturated carbocycles. The molecule has 0 radical (unpaired) electrons. The minimum Gasteiger partial charge on any atom is -0.390 e. The lowest BCUT2D eigenvalue weighted by Gasteiger charge is -2.39. The third-order valence-corrected chi connectivity index (χ3v) is 2.79. The maximum atomic E-state index is 9.66. The first kappa shape index (κ1) is 8.02. The second-order valence-electron chi connectivity index (χ2n) is 3.57. The van der Waals surface area contributed by atoms with Gasteiger partial charge in [-0.25, -0.2) is 0 Å². The molecule has 0 spiro atoms. The van der Waals surface area contributed by atoms with Gasteiger partial charge in [-0.05, 0) is 25.7 Å². The van der Waals surface area contributed by atoms with Crippen molar-refractivity contribution in [3.05, 3.63) is 0 Å². The fourth-order valence-corrected chi connectivity index (χ4v) is 1.53. The average molecular weight is 144 g/mol. The van der Waals surface area contributed by atoms with E-state index in [1.165, 1.54) is 0 Å². The summed E-state index contributed by atoms with van der Waals surface area (Å²) in [5.41, 5.74) is -0.849. The minimum atomic E-state index is -0.849. The monoisotopic (exact) mass is 144 g/mol. The van der Waals surface area contributed by atoms with Crippen LogP contribution in [0.3, 0.4) is 0 Å². The predicted molar refractivity (Wildman–Crippen MR) is 39.6 cm³/mol. The van der Waals surface area contributed by atoms with Crippen molar-refractivity contribution in [2.75, 3.05) is 0 Å². The number of hydrogen-bond acceptors (Lipinski definition) is 2. The van der Waals surface area contributed by atoms with Crippen LogP contribution in [0, 0.1) is 5.92 Å². The smallest absolute Gasteiger partial charge is 0.0902 e. The molecule has 3 unspecified atom stereocenters. The lowest BCUT2D eigenvalue weighted by molar-refractivity contribution is -0.118. The van der Waals surface area contributed by atoms with E-state index < -0.39 is 11.7 Å². The normalized spacial score (nSPS) is 49.2. The van der Waals surface area contributed by atoms with E-state index in [1.54, 1.807) is 6.92 Å². The van der Waals surface area contributed by atoms with Crippen LogP contribution in [-0.2, 0) is 0 Å². The Bertz CT molecular complexity index is 108. The molecule has 0 aromatic heterocycles. The van der Waals surface area contributed by atoms with Gasteiger partial charge in [0, 0.05) is 0 Å². The molecule has 0 aromatic rings. The summed E-state index contributed by atoms with van der Waals surface area (Å²) in [6.45, 7) is 3.71. The van der Waals surface area contributed by atoms with Crippen molar-refractivity contribution in [3.63, 3.8) is 0 Å². The van der Waals surface area contributed by atoms with Crippen molar-refractivity contribution in [1.29, 1.82) is 0 Å². The third kappa shape index (κ3) is 1.18. The SMILES string of the molecule is CC1CCCC(O)C1(C)O. The van der Waals surface area contributed by atoms with Crippen LogP contribution in [-0.4, -0.2) is 21.9 Å². The van der Waals surface area contributed by atoms with Crippen molar-refractivity contribution in [2.24, 2.45) is 5.92 Å². The van der Waals surface area contributed by atoms with Crippen molar-refractivity contribution in [3.8, 4) is 0 Å². The summed E-state index contributed by atoms with van der Waals surface area (Å²) >= 11 is 0. The van der Waals surface area contributed by atoms with Gasteiger partial charge in [-0.2, -0.15) is 0 Å². The summed E-state index contributed by atoms with van der Waals surface area (Å²) in [5, 5.41) is 19.0. The van der Waals surface area contributed by atoms with Gasteiger partial charge >= 0.3 is 0 Å². The second-order valence-corrected chi connectivity index (χ2v) is 3.57. The molecule has 2 N–H and O–H groups in total. The fraction of sp³-hybridized carbons (Fsp3) is 1.00. The molecule has 3 atom stereocenters. The van der Waals surface area contributed by atoms with E-state index in [4.69, 9.17) is 0 Å². The third-order valence-electron chi connectivity index (χ3n) is 2.79. The average Bonchev–Trinajstić information content (AvgIpc) is 1.84. The summed E-state index contributed by atoms with van der Waals surface area (Å²) in [6, 6.07) is 0. The van der Waals surface area contributed by atoms with Gasteiger partial charge in [-0.3, -0.25) is 0 Å². The second kappa shape index (κ2) is 2.51. The van der Waals surface area contributed by atoms with Gasteiger partial charge in [-0.15, -0.1) is 0 Å². The summed E-state index contributed by atoms with van der Waals surface area (Å²) in [5.74, 6) is 0.233. The van der Waals surface area contributed by atoms with Gasteiger partial charge in [0.05, 0.1) is 11.7 Å². The Balaban J connectivity index is 2.63. The van der Waals surface area contributed by atoms with Crippen LogP contribution < -0.4 is 0 Å². The Hall–Kier alpha value is -0.0800. The van der Waals surface area contributed by atoms with Gasteiger partial charge in [0.15, 0.2) is 0 Å². The number of hydrogen-bond donors (Lipinski definition) is 2.